The average Bonchev–Trinajstić information content (AvgIpc) is 3.16. The van der Waals surface area contributed by atoms with Crippen molar-refractivity contribution in [1.82, 2.24) is 29.8 Å². The van der Waals surface area contributed by atoms with Crippen molar-refractivity contribution < 1.29 is 22.7 Å². The molecule has 0 aromatic carbocycles. The second kappa shape index (κ2) is 8.58. The highest BCUT2D eigenvalue weighted by atomic mass is 19.4. The molecule has 11 heteroatoms. The number of rotatable bonds is 5. The van der Waals surface area contributed by atoms with Gasteiger partial charge in [-0.3, -0.25) is 4.79 Å². The number of carbonyl (C=O) groups is 1. The predicted molar refractivity (Wildman–Crippen MR) is 104 cm³/mol. The zero-order valence-corrected chi connectivity index (χ0v) is 16.8. The predicted octanol–water partition coefficient (Wildman–Crippen LogP) is 2.87. The van der Waals surface area contributed by atoms with E-state index in [1.807, 2.05) is 4.57 Å². The first kappa shape index (κ1) is 21.2. The molecule has 1 amide bonds. The first-order valence-electron chi connectivity index (χ1n) is 9.91. The van der Waals surface area contributed by atoms with Crippen LogP contribution in [0.1, 0.15) is 46.5 Å². The van der Waals surface area contributed by atoms with Crippen molar-refractivity contribution in [3.8, 4) is 0 Å². The molecule has 1 fully saturated rings. The number of fused-ring (bicyclic) bond motifs is 1. The number of pyridine rings is 1. The molecule has 31 heavy (non-hydrogen) atoms. The monoisotopic (exact) mass is 434 g/mol. The van der Waals surface area contributed by atoms with Gasteiger partial charge in [0.05, 0.1) is 11.9 Å². The number of halogens is 3. The molecule has 4 heterocycles. The van der Waals surface area contributed by atoms with Crippen LogP contribution in [0.3, 0.4) is 0 Å². The van der Waals surface area contributed by atoms with Crippen LogP contribution in [0.25, 0.3) is 11.2 Å². The number of imidazole rings is 1. The van der Waals surface area contributed by atoms with E-state index in [0.29, 0.717) is 29.9 Å². The Morgan fingerprint density at radius 2 is 2.00 bits per heavy atom. The van der Waals surface area contributed by atoms with E-state index in [2.05, 4.69) is 25.3 Å². The quantitative estimate of drug-likeness (QED) is 0.664. The third-order valence-electron chi connectivity index (χ3n) is 5.08. The molecule has 0 unspecified atom stereocenters. The fourth-order valence-electron chi connectivity index (χ4n) is 3.55. The molecule has 1 N–H and O–H groups in total. The number of alkyl halides is 3. The second-order valence-electron chi connectivity index (χ2n) is 7.38. The van der Waals surface area contributed by atoms with Gasteiger partial charge in [-0.1, -0.05) is 0 Å². The van der Waals surface area contributed by atoms with Crippen LogP contribution < -0.4 is 5.32 Å². The number of carbonyl (C=O) groups excluding carboxylic acids is 1. The Hall–Kier alpha value is -3.08. The zero-order chi connectivity index (χ0) is 22.0. The Balaban J connectivity index is 1.40. The van der Waals surface area contributed by atoms with E-state index < -0.39 is 17.8 Å². The summed E-state index contributed by atoms with van der Waals surface area (Å²) in [6, 6.07) is 2.81. The van der Waals surface area contributed by atoms with E-state index in [0.717, 1.165) is 18.9 Å². The summed E-state index contributed by atoms with van der Waals surface area (Å²) in [7, 11) is 0. The molecule has 164 valence electrons. The molecule has 0 atom stereocenters. The minimum absolute atomic E-state index is 0.0245. The fourth-order valence-corrected chi connectivity index (χ4v) is 3.55. The van der Waals surface area contributed by atoms with Crippen molar-refractivity contribution in [2.24, 2.45) is 0 Å². The highest BCUT2D eigenvalue weighted by molar-refractivity contribution is 5.96. The number of hydrogen-bond donors (Lipinski definition) is 1. The van der Waals surface area contributed by atoms with Crippen LogP contribution in [0, 0.1) is 6.92 Å². The smallest absolute Gasteiger partial charge is 0.381 e. The number of aromatic nitrogens is 5. The molecular formula is C20H21F3N6O2. The van der Waals surface area contributed by atoms with Crippen LogP contribution in [0.5, 0.6) is 0 Å². The Morgan fingerprint density at radius 1 is 1.23 bits per heavy atom. The first-order chi connectivity index (χ1) is 14.8. The van der Waals surface area contributed by atoms with Gasteiger partial charge in [-0.25, -0.2) is 19.9 Å². The number of nitrogens with one attached hydrogen (secondary N) is 1. The molecule has 1 saturated heterocycles. The normalized spacial score (nSPS) is 15.4. The summed E-state index contributed by atoms with van der Waals surface area (Å²) in [4.78, 5) is 28.8. The summed E-state index contributed by atoms with van der Waals surface area (Å²) >= 11 is 0. The van der Waals surface area contributed by atoms with Gasteiger partial charge >= 0.3 is 6.18 Å². The molecule has 8 nitrogen and oxygen atoms in total. The van der Waals surface area contributed by atoms with Crippen LogP contribution in [0.2, 0.25) is 0 Å². The highest BCUT2D eigenvalue weighted by Crippen LogP contribution is 2.28. The van der Waals surface area contributed by atoms with Gasteiger partial charge in [0.25, 0.3) is 5.91 Å². The van der Waals surface area contributed by atoms with Crippen molar-refractivity contribution >= 4 is 17.1 Å². The molecule has 1 aliphatic rings. The van der Waals surface area contributed by atoms with Crippen molar-refractivity contribution in [3.05, 3.63) is 47.4 Å². The summed E-state index contributed by atoms with van der Waals surface area (Å²) in [6.45, 7) is 2.95. The van der Waals surface area contributed by atoms with Crippen molar-refractivity contribution in [2.75, 3.05) is 19.8 Å². The molecule has 0 radical (unpaired) electrons. The van der Waals surface area contributed by atoms with E-state index in [4.69, 9.17) is 4.74 Å². The minimum Gasteiger partial charge on any atom is -0.381 e. The van der Waals surface area contributed by atoms with Crippen LogP contribution in [0.4, 0.5) is 13.2 Å². The zero-order valence-electron chi connectivity index (χ0n) is 16.8. The lowest BCUT2D eigenvalue weighted by Gasteiger charge is -2.23. The maximum absolute atomic E-state index is 12.9. The summed E-state index contributed by atoms with van der Waals surface area (Å²) in [5.41, 5.74) is 0.868. The van der Waals surface area contributed by atoms with Crippen LogP contribution in [-0.2, 0) is 17.3 Å². The third-order valence-corrected chi connectivity index (χ3v) is 5.08. The number of amides is 1. The number of nitrogens with zero attached hydrogens (tertiary/aromatic N) is 5. The Morgan fingerprint density at radius 3 is 2.74 bits per heavy atom. The molecule has 3 aromatic heterocycles. The fraction of sp³-hybridized carbons (Fsp3) is 0.450. The van der Waals surface area contributed by atoms with Crippen LogP contribution in [0.15, 0.2) is 24.7 Å². The summed E-state index contributed by atoms with van der Waals surface area (Å²) in [5.74, 6) is -0.366. The van der Waals surface area contributed by atoms with E-state index in [-0.39, 0.29) is 30.5 Å². The van der Waals surface area contributed by atoms with E-state index in [9.17, 15) is 18.0 Å². The molecule has 0 bridgehead atoms. The Kier molecular flexibility index (Phi) is 5.86. The van der Waals surface area contributed by atoms with Crippen LogP contribution in [-0.4, -0.2) is 50.2 Å². The maximum atomic E-state index is 12.9. The van der Waals surface area contributed by atoms with E-state index >= 15 is 0 Å². The van der Waals surface area contributed by atoms with Gasteiger partial charge in [-0.15, -0.1) is 0 Å². The largest absolute Gasteiger partial charge is 0.433 e. The SMILES string of the molecule is Cc1cc(C(F)(F)F)nc(CCNC(=O)c2cnc3c(c2)ncn3C2CCOCC2)n1. The van der Waals surface area contributed by atoms with Gasteiger partial charge in [0.1, 0.15) is 17.0 Å². The summed E-state index contributed by atoms with van der Waals surface area (Å²) in [5, 5.41) is 2.67. The molecule has 0 aliphatic carbocycles. The molecular weight excluding hydrogens is 413 g/mol. The first-order valence-corrected chi connectivity index (χ1v) is 9.91. The van der Waals surface area contributed by atoms with Crippen molar-refractivity contribution in [1.29, 1.82) is 0 Å². The lowest BCUT2D eigenvalue weighted by atomic mass is 10.1. The maximum Gasteiger partial charge on any atom is 0.433 e. The van der Waals surface area contributed by atoms with Crippen LogP contribution >= 0.6 is 0 Å². The standard InChI is InChI=1S/C20H21F3N6O2/c1-12-8-16(20(21,22)23)28-17(27-12)2-5-24-19(30)13-9-15-18(25-10-13)29(11-26-15)14-3-6-31-7-4-14/h8-11,14H,2-7H2,1H3,(H,24,30). The summed E-state index contributed by atoms with van der Waals surface area (Å²) in [6.07, 6.45) is 0.493. The number of ether oxygens (including phenoxy) is 1. The number of aryl methyl sites for hydroxylation is 1. The van der Waals surface area contributed by atoms with E-state index in [1.54, 1.807) is 12.4 Å². The third kappa shape index (κ3) is 4.82. The van der Waals surface area contributed by atoms with Gasteiger partial charge in [0.15, 0.2) is 5.65 Å². The van der Waals surface area contributed by atoms with Gasteiger partial charge in [0.2, 0.25) is 0 Å². The average molecular weight is 434 g/mol. The van der Waals surface area contributed by atoms with Gasteiger partial charge < -0.3 is 14.6 Å². The molecule has 0 saturated carbocycles. The molecule has 3 aromatic rings. The van der Waals surface area contributed by atoms with Crippen molar-refractivity contribution in [2.45, 2.75) is 38.4 Å². The van der Waals surface area contributed by atoms with E-state index in [1.165, 1.54) is 13.1 Å². The van der Waals surface area contributed by atoms with Gasteiger partial charge in [0, 0.05) is 44.1 Å². The lowest BCUT2D eigenvalue weighted by molar-refractivity contribution is -0.141. The lowest BCUT2D eigenvalue weighted by Crippen LogP contribution is -2.26. The topological polar surface area (TPSA) is 94.8 Å². The second-order valence-corrected chi connectivity index (χ2v) is 7.38. The Bertz CT molecular complexity index is 1090. The van der Waals surface area contributed by atoms with Gasteiger partial charge in [-0.2, -0.15) is 13.2 Å². The van der Waals surface area contributed by atoms with Crippen molar-refractivity contribution in [3.63, 3.8) is 0 Å². The highest BCUT2D eigenvalue weighted by Gasteiger charge is 2.33. The minimum atomic E-state index is -4.54. The number of hydrogen-bond acceptors (Lipinski definition) is 6. The Labute approximate surface area is 175 Å². The molecule has 1 aliphatic heterocycles. The molecule has 4 rings (SSSR count). The van der Waals surface area contributed by atoms with Gasteiger partial charge in [-0.05, 0) is 31.9 Å². The molecule has 0 spiro atoms. The summed E-state index contributed by atoms with van der Waals surface area (Å²) < 4.78 is 46.1.